The Labute approximate surface area is 198 Å². The molecule has 6 nitrogen and oxygen atoms in total. The first-order chi connectivity index (χ1) is 15.3. The minimum absolute atomic E-state index is 0.121. The van der Waals surface area contributed by atoms with Crippen molar-refractivity contribution in [2.24, 2.45) is 0 Å². The van der Waals surface area contributed by atoms with Crippen LogP contribution in [0.25, 0.3) is 16.0 Å². The minimum atomic E-state index is -0.260. The van der Waals surface area contributed by atoms with E-state index in [1.165, 1.54) is 28.7 Å². The summed E-state index contributed by atoms with van der Waals surface area (Å²) in [6.07, 6.45) is 0. The van der Waals surface area contributed by atoms with Crippen molar-refractivity contribution in [3.63, 3.8) is 0 Å². The van der Waals surface area contributed by atoms with Crippen molar-refractivity contribution in [1.82, 2.24) is 14.5 Å². The van der Waals surface area contributed by atoms with Crippen LogP contribution in [0.4, 0.5) is 5.69 Å². The molecular weight excluding hydrogens is 460 g/mol. The molecule has 0 radical (unpaired) electrons. The van der Waals surface area contributed by atoms with Gasteiger partial charge in [0.05, 0.1) is 5.75 Å². The molecule has 1 amide bonds. The van der Waals surface area contributed by atoms with Gasteiger partial charge in [0.25, 0.3) is 5.56 Å². The molecule has 0 saturated heterocycles. The van der Waals surface area contributed by atoms with Crippen LogP contribution in [0.1, 0.15) is 30.9 Å². The van der Waals surface area contributed by atoms with Gasteiger partial charge < -0.3 is 10.3 Å². The quantitative estimate of drug-likeness (QED) is 0.210. The summed E-state index contributed by atoms with van der Waals surface area (Å²) in [5, 5.41) is 3.25. The molecule has 2 N–H and O–H groups in total. The van der Waals surface area contributed by atoms with Gasteiger partial charge >= 0.3 is 0 Å². The van der Waals surface area contributed by atoms with Crippen LogP contribution in [0.3, 0.4) is 0 Å². The van der Waals surface area contributed by atoms with Crippen LogP contribution < -0.4 is 10.9 Å². The Kier molecular flexibility index (Phi) is 6.59. The maximum absolute atomic E-state index is 12.6. The number of amides is 1. The first-order valence-corrected chi connectivity index (χ1v) is 12.3. The van der Waals surface area contributed by atoms with Gasteiger partial charge in [0.1, 0.15) is 4.70 Å². The fourth-order valence-electron chi connectivity index (χ4n) is 3.17. The lowest BCUT2D eigenvalue weighted by Gasteiger charge is -2.08. The van der Waals surface area contributed by atoms with Gasteiger partial charge in [0.15, 0.2) is 14.8 Å². The summed E-state index contributed by atoms with van der Waals surface area (Å²) in [6.45, 7) is 6.26. The second-order valence-corrected chi connectivity index (χ2v) is 10.3. The SMILES string of the molecule is Cc1ccc(-n2c(=S)sc3c(=O)[nH]c(SCC(=O)Nc4ccc(C(C)C)cc4)nc32)cc1. The number of nitrogens with zero attached hydrogens (tertiary/aromatic N) is 2. The molecule has 2 aromatic carbocycles. The number of carbonyl (C=O) groups excluding carboxylic acids is 1. The van der Waals surface area contributed by atoms with Gasteiger partial charge in [-0.15, -0.1) is 0 Å². The third-order valence-corrected chi connectivity index (χ3v) is 7.15. The standard InChI is InChI=1S/C23H22N4O2S3/c1-13(2)15-6-8-16(9-7-15)24-18(28)12-31-22-25-20-19(21(29)26-22)32-23(30)27(20)17-10-4-14(3)5-11-17/h4-11,13H,12H2,1-3H3,(H,24,28)(H,25,26,29). The first-order valence-electron chi connectivity index (χ1n) is 10.1. The Bertz CT molecular complexity index is 1380. The van der Waals surface area contributed by atoms with Gasteiger partial charge in [-0.25, -0.2) is 4.98 Å². The van der Waals surface area contributed by atoms with E-state index in [-0.39, 0.29) is 17.2 Å². The molecule has 0 aliphatic rings. The second kappa shape index (κ2) is 9.40. The number of aromatic nitrogens is 3. The number of benzene rings is 2. The molecule has 0 unspecified atom stereocenters. The molecule has 0 spiro atoms. The zero-order chi connectivity index (χ0) is 22.8. The molecule has 32 heavy (non-hydrogen) atoms. The molecule has 0 bridgehead atoms. The molecule has 0 saturated carbocycles. The fraction of sp³-hybridized carbons (Fsp3) is 0.217. The Morgan fingerprint density at radius 2 is 1.88 bits per heavy atom. The molecule has 164 valence electrons. The lowest BCUT2D eigenvalue weighted by atomic mass is 10.0. The highest BCUT2D eigenvalue weighted by Gasteiger charge is 2.15. The third kappa shape index (κ3) is 4.85. The van der Waals surface area contributed by atoms with E-state index in [1.54, 1.807) is 4.57 Å². The molecule has 0 atom stereocenters. The van der Waals surface area contributed by atoms with Gasteiger partial charge in [-0.3, -0.25) is 14.2 Å². The molecule has 0 aliphatic heterocycles. The van der Waals surface area contributed by atoms with Gasteiger partial charge in [-0.05, 0) is 54.9 Å². The predicted octanol–water partition coefficient (Wildman–Crippen LogP) is 5.67. The summed E-state index contributed by atoms with van der Waals surface area (Å²) in [6, 6.07) is 15.7. The summed E-state index contributed by atoms with van der Waals surface area (Å²) in [5.41, 5.74) is 4.17. The van der Waals surface area contributed by atoms with Crippen LogP contribution in [0.2, 0.25) is 0 Å². The number of aromatic amines is 1. The maximum Gasteiger partial charge on any atom is 0.271 e. The van der Waals surface area contributed by atoms with Crippen molar-refractivity contribution in [3.8, 4) is 5.69 Å². The van der Waals surface area contributed by atoms with Crippen molar-refractivity contribution >= 4 is 57.3 Å². The van der Waals surface area contributed by atoms with E-state index in [1.807, 2.05) is 55.5 Å². The van der Waals surface area contributed by atoms with E-state index < -0.39 is 0 Å². The number of anilines is 1. The van der Waals surface area contributed by atoms with E-state index in [2.05, 4.69) is 29.1 Å². The Balaban J connectivity index is 1.54. The minimum Gasteiger partial charge on any atom is -0.325 e. The summed E-state index contributed by atoms with van der Waals surface area (Å²) in [7, 11) is 0. The highest BCUT2D eigenvalue weighted by molar-refractivity contribution is 7.99. The Morgan fingerprint density at radius 1 is 1.19 bits per heavy atom. The molecule has 0 aliphatic carbocycles. The van der Waals surface area contributed by atoms with Gasteiger partial charge in [-0.1, -0.05) is 66.8 Å². The third-order valence-electron chi connectivity index (χ3n) is 4.91. The number of hydrogen-bond acceptors (Lipinski definition) is 6. The molecule has 2 heterocycles. The van der Waals surface area contributed by atoms with Crippen LogP contribution in [0.15, 0.2) is 58.5 Å². The number of hydrogen-bond donors (Lipinski definition) is 2. The van der Waals surface area contributed by atoms with E-state index in [4.69, 9.17) is 12.2 Å². The number of rotatable bonds is 6. The van der Waals surface area contributed by atoms with Crippen molar-refractivity contribution in [3.05, 3.63) is 74.0 Å². The van der Waals surface area contributed by atoms with Crippen LogP contribution in [-0.4, -0.2) is 26.2 Å². The van der Waals surface area contributed by atoms with Crippen molar-refractivity contribution in [1.29, 1.82) is 0 Å². The number of thioether (sulfide) groups is 1. The number of carbonyl (C=O) groups is 1. The van der Waals surface area contributed by atoms with Crippen molar-refractivity contribution in [2.45, 2.75) is 31.8 Å². The maximum atomic E-state index is 12.6. The van der Waals surface area contributed by atoms with Gasteiger partial charge in [0, 0.05) is 11.4 Å². The molecule has 4 rings (SSSR count). The number of fused-ring (bicyclic) bond motifs is 1. The zero-order valence-corrected chi connectivity index (χ0v) is 20.3. The van der Waals surface area contributed by atoms with Crippen LogP contribution in [0.5, 0.6) is 0 Å². The molecule has 2 aromatic heterocycles. The average molecular weight is 483 g/mol. The van der Waals surface area contributed by atoms with Crippen molar-refractivity contribution < 1.29 is 4.79 Å². The van der Waals surface area contributed by atoms with Crippen LogP contribution in [-0.2, 0) is 4.79 Å². The molecule has 4 aromatic rings. The van der Waals surface area contributed by atoms with E-state index in [9.17, 15) is 9.59 Å². The molecule has 0 fully saturated rings. The number of thiazole rings is 1. The number of H-pyrrole nitrogens is 1. The van der Waals surface area contributed by atoms with E-state index >= 15 is 0 Å². The largest absolute Gasteiger partial charge is 0.325 e. The lowest BCUT2D eigenvalue weighted by Crippen LogP contribution is -2.15. The summed E-state index contributed by atoms with van der Waals surface area (Å²) in [5.74, 6) is 0.384. The van der Waals surface area contributed by atoms with E-state index in [0.29, 0.717) is 25.4 Å². The Morgan fingerprint density at radius 3 is 2.53 bits per heavy atom. The molecule has 9 heteroatoms. The van der Waals surface area contributed by atoms with Gasteiger partial charge in [0.2, 0.25) is 5.91 Å². The van der Waals surface area contributed by atoms with Crippen LogP contribution >= 0.6 is 35.3 Å². The summed E-state index contributed by atoms with van der Waals surface area (Å²) in [4.78, 5) is 32.4. The lowest BCUT2D eigenvalue weighted by molar-refractivity contribution is -0.113. The zero-order valence-electron chi connectivity index (χ0n) is 17.8. The second-order valence-electron chi connectivity index (χ2n) is 7.68. The van der Waals surface area contributed by atoms with Gasteiger partial charge in [-0.2, -0.15) is 0 Å². The fourth-order valence-corrected chi connectivity index (χ4v) is 5.09. The predicted molar refractivity (Wildman–Crippen MR) is 135 cm³/mol. The monoisotopic (exact) mass is 482 g/mol. The highest BCUT2D eigenvalue weighted by Crippen LogP contribution is 2.25. The molecular formula is C23H22N4O2S3. The number of aryl methyl sites for hydroxylation is 1. The Hall–Kier alpha value is -2.75. The first kappa shape index (κ1) is 22.4. The van der Waals surface area contributed by atoms with Crippen LogP contribution in [0, 0.1) is 10.9 Å². The smallest absolute Gasteiger partial charge is 0.271 e. The highest BCUT2D eigenvalue weighted by atomic mass is 32.2. The summed E-state index contributed by atoms with van der Waals surface area (Å²) >= 11 is 7.90. The normalized spacial score (nSPS) is 11.2. The summed E-state index contributed by atoms with van der Waals surface area (Å²) < 4.78 is 2.81. The average Bonchev–Trinajstić information content (AvgIpc) is 3.10. The van der Waals surface area contributed by atoms with E-state index in [0.717, 1.165) is 16.9 Å². The topological polar surface area (TPSA) is 79.8 Å². The number of nitrogens with one attached hydrogen (secondary N) is 2. The van der Waals surface area contributed by atoms with Crippen molar-refractivity contribution in [2.75, 3.05) is 11.1 Å².